The molecule has 0 spiro atoms. The smallest absolute Gasteiger partial charge is 0.365 e. The van der Waals surface area contributed by atoms with Crippen LogP contribution in [0, 0.1) is 0 Å². The minimum atomic E-state index is -5.51. The number of carbonyl (C=O) groups excluding carboxylic acids is 4. The van der Waals surface area contributed by atoms with Crippen molar-refractivity contribution in [3.8, 4) is 0 Å². The van der Waals surface area contributed by atoms with Crippen molar-refractivity contribution in [2.75, 3.05) is 10.6 Å². The number of hydrogen-bond acceptors (Lipinski definition) is 6. The highest BCUT2D eigenvalue weighted by Gasteiger charge is 2.67. The van der Waals surface area contributed by atoms with Gasteiger partial charge in [-0.1, -0.05) is 25.7 Å². The van der Waals surface area contributed by atoms with Gasteiger partial charge in [0.25, 0.3) is 11.8 Å². The molecule has 0 fully saturated rings. The van der Waals surface area contributed by atoms with Gasteiger partial charge < -0.3 is 22.1 Å². The normalized spacial score (nSPS) is 16.4. The van der Waals surface area contributed by atoms with Crippen LogP contribution in [0.4, 0.5) is 27.6 Å². The van der Waals surface area contributed by atoms with Crippen molar-refractivity contribution >= 4 is 56.3 Å². The van der Waals surface area contributed by atoms with Crippen LogP contribution >= 0.6 is 22.7 Å². The molecule has 2 aliphatic carbocycles. The first-order valence-electron chi connectivity index (χ1n) is 13.1. The number of alkyl halides is 4. The lowest BCUT2D eigenvalue weighted by Gasteiger charge is -2.24. The Balaban J connectivity index is 1.59. The van der Waals surface area contributed by atoms with E-state index < -0.39 is 35.5 Å². The standard InChI is InChI=1S/C26H30F4N4O4S2/c27-25(28,23(37)33-21-17(19(31)35)13-9-5-1-3-7-11-15(13)39-21)26(29,30)24(38)34-22-18(20(32)36)14-10-6-2-4-8-12-16(14)40-22/h1-12H2,(H2,31,35)(H2,32,36)(H,33,37)(H,34,38). The zero-order valence-electron chi connectivity index (χ0n) is 21.6. The summed E-state index contributed by atoms with van der Waals surface area (Å²) in [7, 11) is 0. The summed E-state index contributed by atoms with van der Waals surface area (Å²) in [5.41, 5.74) is 11.6. The molecule has 0 saturated carbocycles. The molecule has 2 aromatic heterocycles. The van der Waals surface area contributed by atoms with Crippen molar-refractivity contribution in [2.24, 2.45) is 11.5 Å². The van der Waals surface area contributed by atoms with Crippen LogP contribution in [0.2, 0.25) is 0 Å². The molecule has 0 bridgehead atoms. The van der Waals surface area contributed by atoms with E-state index in [0.717, 1.165) is 61.2 Å². The number of hydrogen-bond donors (Lipinski definition) is 4. The highest BCUT2D eigenvalue weighted by Crippen LogP contribution is 2.42. The predicted octanol–water partition coefficient (Wildman–Crippen LogP) is 5.17. The summed E-state index contributed by atoms with van der Waals surface area (Å²) in [5.74, 6) is -17.9. The van der Waals surface area contributed by atoms with Gasteiger partial charge >= 0.3 is 23.7 Å². The quantitative estimate of drug-likeness (QED) is 0.324. The van der Waals surface area contributed by atoms with Crippen LogP contribution in [0.5, 0.6) is 0 Å². The minimum absolute atomic E-state index is 0.180. The lowest BCUT2D eigenvalue weighted by atomic mass is 9.96. The molecule has 4 amide bonds. The van der Waals surface area contributed by atoms with Crippen LogP contribution in [0.25, 0.3) is 0 Å². The number of carbonyl (C=O) groups is 4. The summed E-state index contributed by atoms with van der Waals surface area (Å²) in [6.07, 6.45) is 8.51. The molecule has 218 valence electrons. The maximum Gasteiger partial charge on any atom is 0.396 e. The fourth-order valence-electron chi connectivity index (χ4n) is 5.18. The maximum absolute atomic E-state index is 15.0. The fourth-order valence-corrected chi connectivity index (χ4v) is 7.76. The van der Waals surface area contributed by atoms with Crippen molar-refractivity contribution in [3.05, 3.63) is 32.0 Å². The summed E-state index contributed by atoms with van der Waals surface area (Å²) in [6.45, 7) is 0. The number of amides is 4. The maximum atomic E-state index is 15.0. The number of nitrogens with one attached hydrogen (secondary N) is 2. The zero-order valence-corrected chi connectivity index (χ0v) is 23.2. The van der Waals surface area contributed by atoms with Crippen molar-refractivity contribution < 1.29 is 36.7 Å². The number of primary amides is 2. The van der Waals surface area contributed by atoms with E-state index in [0.29, 0.717) is 59.4 Å². The van der Waals surface area contributed by atoms with E-state index in [1.807, 2.05) is 0 Å². The van der Waals surface area contributed by atoms with Gasteiger partial charge in [-0.05, 0) is 62.5 Å². The molecule has 40 heavy (non-hydrogen) atoms. The van der Waals surface area contributed by atoms with Crippen LogP contribution in [-0.2, 0) is 35.3 Å². The third-order valence-corrected chi connectivity index (χ3v) is 9.67. The third kappa shape index (κ3) is 5.73. The van der Waals surface area contributed by atoms with Crippen LogP contribution in [0.15, 0.2) is 0 Å². The molecule has 8 nitrogen and oxygen atoms in total. The molecular weight excluding hydrogens is 572 g/mol. The molecule has 0 aliphatic heterocycles. The molecule has 6 N–H and O–H groups in total. The molecule has 2 heterocycles. The summed E-state index contributed by atoms with van der Waals surface area (Å²) in [4.78, 5) is 50.7. The van der Waals surface area contributed by atoms with E-state index in [1.165, 1.54) is 0 Å². The Morgan fingerprint density at radius 1 is 0.575 bits per heavy atom. The van der Waals surface area contributed by atoms with Gasteiger partial charge in [0.1, 0.15) is 10.0 Å². The van der Waals surface area contributed by atoms with Crippen molar-refractivity contribution in [2.45, 2.75) is 88.9 Å². The first-order chi connectivity index (χ1) is 18.9. The van der Waals surface area contributed by atoms with Crippen LogP contribution in [-0.4, -0.2) is 35.5 Å². The number of halogens is 4. The van der Waals surface area contributed by atoms with Crippen molar-refractivity contribution in [1.82, 2.24) is 0 Å². The number of thiophene rings is 2. The van der Waals surface area contributed by atoms with Gasteiger partial charge in [0.15, 0.2) is 0 Å². The summed E-state index contributed by atoms with van der Waals surface area (Å²) in [6, 6.07) is 0. The second-order valence-corrected chi connectivity index (χ2v) is 12.2. The average Bonchev–Trinajstić information content (AvgIpc) is 3.35. The van der Waals surface area contributed by atoms with Crippen LogP contribution in [0.1, 0.15) is 93.0 Å². The molecule has 4 rings (SSSR count). The lowest BCUT2D eigenvalue weighted by molar-refractivity contribution is -0.204. The minimum Gasteiger partial charge on any atom is -0.365 e. The molecule has 2 aromatic rings. The Labute approximate surface area is 235 Å². The Kier molecular flexibility index (Phi) is 8.88. The van der Waals surface area contributed by atoms with Crippen LogP contribution < -0.4 is 22.1 Å². The summed E-state index contributed by atoms with van der Waals surface area (Å²) >= 11 is 1.68. The lowest BCUT2D eigenvalue weighted by Crippen LogP contribution is -2.56. The third-order valence-electron chi connectivity index (χ3n) is 7.25. The second-order valence-electron chi connectivity index (χ2n) is 10.0. The van der Waals surface area contributed by atoms with E-state index in [-0.39, 0.29) is 21.1 Å². The van der Waals surface area contributed by atoms with E-state index in [9.17, 15) is 36.7 Å². The number of anilines is 2. The Morgan fingerprint density at radius 2 is 0.900 bits per heavy atom. The fraction of sp³-hybridized carbons (Fsp3) is 0.538. The Morgan fingerprint density at radius 3 is 1.23 bits per heavy atom. The van der Waals surface area contributed by atoms with Gasteiger partial charge in [0.2, 0.25) is 0 Å². The van der Waals surface area contributed by atoms with Gasteiger partial charge in [-0.15, -0.1) is 22.7 Å². The highest BCUT2D eigenvalue weighted by molar-refractivity contribution is 7.17. The molecule has 14 heteroatoms. The molecule has 0 atom stereocenters. The van der Waals surface area contributed by atoms with Crippen LogP contribution in [0.3, 0.4) is 0 Å². The largest absolute Gasteiger partial charge is 0.396 e. The monoisotopic (exact) mass is 602 g/mol. The zero-order chi connectivity index (χ0) is 29.2. The van der Waals surface area contributed by atoms with Gasteiger partial charge in [0, 0.05) is 9.75 Å². The second kappa shape index (κ2) is 11.9. The number of aryl methyl sites for hydroxylation is 2. The van der Waals surface area contributed by atoms with Gasteiger partial charge in [-0.25, -0.2) is 0 Å². The van der Waals surface area contributed by atoms with Crippen molar-refractivity contribution in [3.63, 3.8) is 0 Å². The molecular formula is C26H30F4N4O4S2. The first kappa shape index (κ1) is 30.0. The van der Waals surface area contributed by atoms with Gasteiger partial charge in [-0.3, -0.25) is 19.2 Å². The SMILES string of the molecule is NC(=O)c1c(NC(=O)C(F)(F)C(F)(F)C(=O)Nc2sc3c(c2C(N)=O)CCCCCC3)sc2c1CCCCCC2. The molecule has 0 unspecified atom stereocenters. The highest BCUT2D eigenvalue weighted by atomic mass is 32.1. The van der Waals surface area contributed by atoms with E-state index in [1.54, 1.807) is 10.6 Å². The van der Waals surface area contributed by atoms with E-state index >= 15 is 0 Å². The van der Waals surface area contributed by atoms with Crippen molar-refractivity contribution in [1.29, 1.82) is 0 Å². The summed E-state index contributed by atoms with van der Waals surface area (Å²) < 4.78 is 59.8. The number of rotatable bonds is 7. The molecule has 0 aromatic carbocycles. The van der Waals surface area contributed by atoms with E-state index in [4.69, 9.17) is 11.5 Å². The summed E-state index contributed by atoms with van der Waals surface area (Å²) in [5, 5.41) is 2.77. The molecule has 0 saturated heterocycles. The number of fused-ring (bicyclic) bond motifs is 2. The van der Waals surface area contributed by atoms with E-state index in [2.05, 4.69) is 0 Å². The van der Waals surface area contributed by atoms with Gasteiger partial charge in [0.05, 0.1) is 11.1 Å². The molecule has 0 radical (unpaired) electrons. The predicted molar refractivity (Wildman–Crippen MR) is 145 cm³/mol. The average molecular weight is 603 g/mol. The number of nitrogens with two attached hydrogens (primary N) is 2. The topological polar surface area (TPSA) is 144 Å². The van der Waals surface area contributed by atoms with Gasteiger partial charge in [-0.2, -0.15) is 17.6 Å². The first-order valence-corrected chi connectivity index (χ1v) is 14.8. The Bertz CT molecular complexity index is 1240. The Hall–Kier alpha value is -3.00. The molecule has 2 aliphatic rings.